The summed E-state index contributed by atoms with van der Waals surface area (Å²) in [6.07, 6.45) is -0.920. The molecule has 1 heterocycles. The van der Waals surface area contributed by atoms with Gasteiger partial charge in [0.05, 0.1) is 12.7 Å². The van der Waals surface area contributed by atoms with Gasteiger partial charge in [0.15, 0.2) is 11.7 Å². The molecular formula is C12H11F2NO4. The zero-order chi connectivity index (χ0) is 14.0. The van der Waals surface area contributed by atoms with Crippen molar-refractivity contribution in [2.75, 3.05) is 6.61 Å². The summed E-state index contributed by atoms with van der Waals surface area (Å²) in [5.74, 6) is -2.42. The highest BCUT2D eigenvalue weighted by molar-refractivity contribution is 5.76. The fourth-order valence-corrected chi connectivity index (χ4v) is 1.95. The minimum atomic E-state index is -3.68. The molecule has 2 atom stereocenters. The minimum absolute atomic E-state index is 0.00152. The van der Waals surface area contributed by atoms with Crippen LogP contribution >= 0.6 is 0 Å². The second-order valence-electron chi connectivity index (χ2n) is 4.04. The van der Waals surface area contributed by atoms with Crippen LogP contribution in [0.4, 0.5) is 8.78 Å². The number of nitriles is 1. The number of rotatable bonds is 3. The van der Waals surface area contributed by atoms with Gasteiger partial charge in [-0.25, -0.2) is 0 Å². The summed E-state index contributed by atoms with van der Waals surface area (Å²) in [5, 5.41) is 9.00. The lowest BCUT2D eigenvalue weighted by Crippen LogP contribution is -2.25. The maximum absolute atomic E-state index is 12.9. The van der Waals surface area contributed by atoms with Gasteiger partial charge in [-0.3, -0.25) is 4.79 Å². The second-order valence-corrected chi connectivity index (χ2v) is 4.04. The van der Waals surface area contributed by atoms with E-state index in [0.29, 0.717) is 0 Å². The Kier molecular flexibility index (Phi) is 3.42. The van der Waals surface area contributed by atoms with Gasteiger partial charge in [0, 0.05) is 12.3 Å². The Morgan fingerprint density at radius 3 is 3.05 bits per heavy atom. The van der Waals surface area contributed by atoms with Gasteiger partial charge >= 0.3 is 12.3 Å². The lowest BCUT2D eigenvalue weighted by atomic mass is 9.86. The third kappa shape index (κ3) is 2.67. The summed E-state index contributed by atoms with van der Waals surface area (Å²) in [6.45, 7) is 1.78. The Bertz CT molecular complexity index is 492. The number of hydrogen-bond acceptors (Lipinski definition) is 5. The van der Waals surface area contributed by atoms with Crippen LogP contribution in [0.3, 0.4) is 0 Å². The summed E-state index contributed by atoms with van der Waals surface area (Å²) >= 11 is 0. The summed E-state index contributed by atoms with van der Waals surface area (Å²) in [7, 11) is 0. The lowest BCUT2D eigenvalue weighted by molar-refractivity contribution is -0.336. The summed E-state index contributed by atoms with van der Waals surface area (Å²) < 4.78 is 39.1. The SMILES string of the molecule is CCOC(=O)C(C#N)C1C=CC2=C(C1)OC(F)(F)O2. The van der Waals surface area contributed by atoms with Crippen molar-refractivity contribution in [1.82, 2.24) is 0 Å². The van der Waals surface area contributed by atoms with Gasteiger partial charge in [0.25, 0.3) is 0 Å². The maximum atomic E-state index is 12.9. The molecule has 2 unspecified atom stereocenters. The van der Waals surface area contributed by atoms with Crippen molar-refractivity contribution in [3.63, 3.8) is 0 Å². The van der Waals surface area contributed by atoms with E-state index in [1.54, 1.807) is 6.92 Å². The Morgan fingerprint density at radius 2 is 2.42 bits per heavy atom. The van der Waals surface area contributed by atoms with Crippen molar-refractivity contribution in [1.29, 1.82) is 5.26 Å². The van der Waals surface area contributed by atoms with Crippen LogP contribution < -0.4 is 0 Å². The molecule has 0 radical (unpaired) electrons. The van der Waals surface area contributed by atoms with Crippen LogP contribution in [-0.4, -0.2) is 18.9 Å². The zero-order valence-corrected chi connectivity index (χ0v) is 10.1. The molecule has 2 rings (SSSR count). The highest BCUT2D eigenvalue weighted by atomic mass is 19.3. The van der Waals surface area contributed by atoms with E-state index >= 15 is 0 Å². The Labute approximate surface area is 108 Å². The Hall–Kier alpha value is -2.10. The lowest BCUT2D eigenvalue weighted by Gasteiger charge is -2.19. The quantitative estimate of drug-likeness (QED) is 0.735. The predicted molar refractivity (Wildman–Crippen MR) is 57.1 cm³/mol. The van der Waals surface area contributed by atoms with Gasteiger partial charge in [0.2, 0.25) is 0 Å². The number of ether oxygens (including phenoxy) is 3. The fraction of sp³-hybridized carbons (Fsp3) is 0.500. The molecule has 0 amide bonds. The summed E-state index contributed by atoms with van der Waals surface area (Å²) in [4.78, 5) is 11.6. The average Bonchev–Trinajstić information content (AvgIpc) is 2.63. The van der Waals surface area contributed by atoms with Crippen molar-refractivity contribution in [3.05, 3.63) is 23.7 Å². The van der Waals surface area contributed by atoms with Crippen LogP contribution in [0.1, 0.15) is 13.3 Å². The van der Waals surface area contributed by atoms with E-state index in [0.717, 1.165) is 0 Å². The molecule has 102 valence electrons. The van der Waals surface area contributed by atoms with Gasteiger partial charge < -0.3 is 14.2 Å². The Balaban J connectivity index is 2.08. The molecule has 0 aromatic rings. The van der Waals surface area contributed by atoms with Crippen molar-refractivity contribution < 1.29 is 27.8 Å². The molecule has 0 aromatic heterocycles. The van der Waals surface area contributed by atoms with Crippen LogP contribution in [0.5, 0.6) is 0 Å². The minimum Gasteiger partial charge on any atom is -0.465 e. The van der Waals surface area contributed by atoms with Crippen molar-refractivity contribution in [2.45, 2.75) is 19.6 Å². The van der Waals surface area contributed by atoms with Crippen LogP contribution in [0.25, 0.3) is 0 Å². The van der Waals surface area contributed by atoms with Crippen LogP contribution in [0.2, 0.25) is 0 Å². The monoisotopic (exact) mass is 271 g/mol. The fourth-order valence-electron chi connectivity index (χ4n) is 1.95. The number of alkyl halides is 2. The number of nitrogens with zero attached hydrogens (tertiary/aromatic N) is 1. The molecule has 5 nitrogen and oxygen atoms in total. The van der Waals surface area contributed by atoms with Gasteiger partial charge in [-0.15, -0.1) is 8.78 Å². The summed E-state index contributed by atoms with van der Waals surface area (Å²) in [5.41, 5.74) is 0. The molecule has 1 aliphatic heterocycles. The molecule has 0 saturated heterocycles. The highest BCUT2D eigenvalue weighted by Crippen LogP contribution is 2.41. The first-order valence-corrected chi connectivity index (χ1v) is 5.70. The van der Waals surface area contributed by atoms with E-state index in [4.69, 9.17) is 10.00 Å². The number of carbonyl (C=O) groups excluding carboxylic acids is 1. The standard InChI is InChI=1S/C12H11F2NO4/c1-2-17-11(16)8(6-15)7-3-4-9-10(5-7)19-12(13,14)18-9/h3-4,7-8H,2,5H2,1H3. The van der Waals surface area contributed by atoms with Crippen LogP contribution in [0, 0.1) is 23.2 Å². The molecule has 0 bridgehead atoms. The zero-order valence-electron chi connectivity index (χ0n) is 10.1. The van der Waals surface area contributed by atoms with E-state index in [-0.39, 0.29) is 24.5 Å². The van der Waals surface area contributed by atoms with E-state index < -0.39 is 24.1 Å². The van der Waals surface area contributed by atoms with Gasteiger partial charge in [-0.05, 0) is 13.0 Å². The third-order valence-corrected chi connectivity index (χ3v) is 2.77. The number of allylic oxidation sites excluding steroid dienone is 3. The molecule has 0 fully saturated rings. The van der Waals surface area contributed by atoms with Crippen molar-refractivity contribution in [3.8, 4) is 6.07 Å². The smallest absolute Gasteiger partial charge is 0.465 e. The van der Waals surface area contributed by atoms with Crippen LogP contribution in [0.15, 0.2) is 23.7 Å². The molecule has 0 spiro atoms. The summed E-state index contributed by atoms with van der Waals surface area (Å²) in [6, 6.07) is 1.82. The second kappa shape index (κ2) is 4.88. The molecule has 1 aliphatic carbocycles. The average molecular weight is 271 g/mol. The predicted octanol–water partition coefficient (Wildman–Crippen LogP) is 2.07. The van der Waals surface area contributed by atoms with E-state index in [2.05, 4.69) is 9.47 Å². The van der Waals surface area contributed by atoms with Gasteiger partial charge in [0.1, 0.15) is 5.76 Å². The normalized spacial score (nSPS) is 24.8. The number of carbonyl (C=O) groups is 1. The van der Waals surface area contributed by atoms with Crippen LogP contribution in [-0.2, 0) is 19.0 Å². The molecule has 0 N–H and O–H groups in total. The number of halogens is 2. The molecule has 0 saturated carbocycles. The number of hydrogen-bond donors (Lipinski definition) is 0. The van der Waals surface area contributed by atoms with Gasteiger partial charge in [-0.2, -0.15) is 5.26 Å². The topological polar surface area (TPSA) is 68.6 Å². The van der Waals surface area contributed by atoms with Crippen molar-refractivity contribution >= 4 is 5.97 Å². The van der Waals surface area contributed by atoms with E-state index in [9.17, 15) is 13.6 Å². The Morgan fingerprint density at radius 1 is 1.68 bits per heavy atom. The van der Waals surface area contributed by atoms with Crippen molar-refractivity contribution in [2.24, 2.45) is 11.8 Å². The maximum Gasteiger partial charge on any atom is 0.585 e. The van der Waals surface area contributed by atoms with E-state index in [1.165, 1.54) is 12.2 Å². The van der Waals surface area contributed by atoms with Gasteiger partial charge in [-0.1, -0.05) is 6.08 Å². The molecular weight excluding hydrogens is 260 g/mol. The number of esters is 1. The first-order chi connectivity index (χ1) is 8.96. The molecule has 19 heavy (non-hydrogen) atoms. The first kappa shape index (κ1) is 13.3. The largest absolute Gasteiger partial charge is 0.585 e. The third-order valence-electron chi connectivity index (χ3n) is 2.77. The van der Waals surface area contributed by atoms with E-state index in [1.807, 2.05) is 6.07 Å². The molecule has 7 heteroatoms. The molecule has 0 aromatic carbocycles. The first-order valence-electron chi connectivity index (χ1n) is 5.70. The highest BCUT2D eigenvalue weighted by Gasteiger charge is 2.46. The molecule has 2 aliphatic rings.